The molecular formula is C27H20N6O3. The molecule has 0 atom stereocenters. The number of nitriles is 1. The van der Waals surface area contributed by atoms with Crippen LogP contribution in [0.4, 0.5) is 22.0 Å². The highest BCUT2D eigenvalue weighted by molar-refractivity contribution is 6.00. The molecule has 36 heavy (non-hydrogen) atoms. The van der Waals surface area contributed by atoms with Crippen molar-refractivity contribution in [2.45, 2.75) is 13.8 Å². The molecule has 4 rings (SSSR count). The van der Waals surface area contributed by atoms with E-state index < -0.39 is 6.03 Å². The predicted molar refractivity (Wildman–Crippen MR) is 135 cm³/mol. The largest absolute Gasteiger partial charge is 0.455 e. The predicted octanol–water partition coefficient (Wildman–Crippen LogP) is 6.74. The fraction of sp³-hybridized carbons (Fsp3) is 0.0741. The van der Waals surface area contributed by atoms with Crippen molar-refractivity contribution in [3.8, 4) is 29.1 Å². The van der Waals surface area contributed by atoms with Crippen LogP contribution in [0.2, 0.25) is 0 Å². The number of carbonyl (C=O) groups excluding carboxylic acids is 1. The highest BCUT2D eigenvalue weighted by atomic mass is 16.5. The first-order chi connectivity index (χ1) is 17.4. The first-order valence-corrected chi connectivity index (χ1v) is 10.8. The Labute approximate surface area is 207 Å². The van der Waals surface area contributed by atoms with E-state index in [1.807, 2.05) is 32.0 Å². The minimum Gasteiger partial charge on any atom is -0.455 e. The number of urea groups is 1. The van der Waals surface area contributed by atoms with Gasteiger partial charge in [-0.3, -0.25) is 0 Å². The van der Waals surface area contributed by atoms with Crippen LogP contribution >= 0.6 is 0 Å². The zero-order chi connectivity index (χ0) is 25.5. The Morgan fingerprint density at radius 1 is 0.861 bits per heavy atom. The third-order valence-electron chi connectivity index (χ3n) is 5.03. The van der Waals surface area contributed by atoms with Crippen molar-refractivity contribution in [1.29, 1.82) is 5.26 Å². The summed E-state index contributed by atoms with van der Waals surface area (Å²) in [6, 6.07) is 18.6. The third-order valence-corrected chi connectivity index (χ3v) is 5.03. The fourth-order valence-electron chi connectivity index (χ4n) is 3.13. The van der Waals surface area contributed by atoms with Gasteiger partial charge in [0.1, 0.15) is 29.0 Å². The molecular weight excluding hydrogens is 456 g/mol. The minimum absolute atomic E-state index is 0.282. The van der Waals surface area contributed by atoms with Gasteiger partial charge in [0.15, 0.2) is 11.9 Å². The van der Waals surface area contributed by atoms with Crippen molar-refractivity contribution in [1.82, 2.24) is 9.97 Å². The molecule has 2 aromatic heterocycles. The molecule has 0 saturated carbocycles. The molecule has 2 N–H and O–H groups in total. The number of nitrogens with one attached hydrogen (secondary N) is 2. The number of hydrogen-bond acceptors (Lipinski definition) is 6. The zero-order valence-corrected chi connectivity index (χ0v) is 19.4. The summed E-state index contributed by atoms with van der Waals surface area (Å²) in [4.78, 5) is 23.9. The molecule has 0 bridgehead atoms. The molecule has 2 heterocycles. The fourth-order valence-corrected chi connectivity index (χ4v) is 3.13. The molecule has 0 radical (unpaired) electrons. The minimum atomic E-state index is -0.442. The van der Waals surface area contributed by atoms with E-state index in [1.165, 1.54) is 12.4 Å². The first kappa shape index (κ1) is 23.7. The number of benzene rings is 2. The van der Waals surface area contributed by atoms with Gasteiger partial charge in [-0.1, -0.05) is 18.7 Å². The number of ether oxygens (including phenoxy) is 2. The second kappa shape index (κ2) is 10.7. The highest BCUT2D eigenvalue weighted by Crippen LogP contribution is 2.30. The van der Waals surface area contributed by atoms with Gasteiger partial charge >= 0.3 is 6.03 Å². The molecule has 0 aliphatic carbocycles. The van der Waals surface area contributed by atoms with E-state index in [1.54, 1.807) is 48.5 Å². The SMILES string of the molecule is [C-]#[N+]c1ccc(Oc2cc(NC(=O)Nc3ccc(C)c(Oc4ccc(C#N)nc4)c3)ccc2C)cn1. The normalized spacial score (nSPS) is 10.0. The molecule has 0 unspecified atom stereocenters. The van der Waals surface area contributed by atoms with Crippen LogP contribution in [0.3, 0.4) is 0 Å². The van der Waals surface area contributed by atoms with Crippen molar-refractivity contribution in [3.63, 3.8) is 0 Å². The van der Waals surface area contributed by atoms with E-state index >= 15 is 0 Å². The van der Waals surface area contributed by atoms with Crippen LogP contribution in [0, 0.1) is 31.8 Å². The maximum atomic E-state index is 12.6. The lowest BCUT2D eigenvalue weighted by Gasteiger charge is -2.13. The van der Waals surface area contributed by atoms with Crippen LogP contribution in [0.5, 0.6) is 23.0 Å². The molecule has 4 aromatic rings. The van der Waals surface area contributed by atoms with E-state index in [0.29, 0.717) is 40.1 Å². The maximum absolute atomic E-state index is 12.6. The van der Waals surface area contributed by atoms with Gasteiger partial charge in [-0.25, -0.2) is 9.78 Å². The van der Waals surface area contributed by atoms with Crippen LogP contribution in [-0.2, 0) is 0 Å². The number of aromatic nitrogens is 2. The molecule has 0 spiro atoms. The maximum Gasteiger partial charge on any atom is 0.323 e. The number of aryl methyl sites for hydroxylation is 2. The van der Waals surface area contributed by atoms with Crippen molar-refractivity contribution < 1.29 is 14.3 Å². The topological polar surface area (TPSA) is 114 Å². The summed E-state index contributed by atoms with van der Waals surface area (Å²) >= 11 is 0. The van der Waals surface area contributed by atoms with Crippen molar-refractivity contribution in [2.24, 2.45) is 0 Å². The van der Waals surface area contributed by atoms with Crippen LogP contribution in [-0.4, -0.2) is 16.0 Å². The van der Waals surface area contributed by atoms with Gasteiger partial charge in [0.05, 0.1) is 6.20 Å². The highest BCUT2D eigenvalue weighted by Gasteiger charge is 2.10. The lowest BCUT2D eigenvalue weighted by atomic mass is 10.2. The second-order valence-corrected chi connectivity index (χ2v) is 7.70. The van der Waals surface area contributed by atoms with Crippen molar-refractivity contribution in [3.05, 3.63) is 101 Å². The number of anilines is 2. The average Bonchev–Trinajstić information content (AvgIpc) is 2.89. The molecule has 9 heteroatoms. The summed E-state index contributed by atoms with van der Waals surface area (Å²) in [6.07, 6.45) is 2.95. The Morgan fingerprint density at radius 3 is 1.86 bits per heavy atom. The van der Waals surface area contributed by atoms with Crippen molar-refractivity contribution >= 4 is 23.2 Å². The van der Waals surface area contributed by atoms with Crippen LogP contribution < -0.4 is 20.1 Å². The van der Waals surface area contributed by atoms with E-state index in [0.717, 1.165) is 11.1 Å². The third kappa shape index (κ3) is 5.93. The lowest BCUT2D eigenvalue weighted by Crippen LogP contribution is -2.19. The lowest BCUT2D eigenvalue weighted by molar-refractivity contribution is 0.262. The second-order valence-electron chi connectivity index (χ2n) is 7.70. The summed E-state index contributed by atoms with van der Waals surface area (Å²) in [6.45, 7) is 10.8. The smallest absolute Gasteiger partial charge is 0.323 e. The van der Waals surface area contributed by atoms with Gasteiger partial charge in [0, 0.05) is 23.5 Å². The standard InChI is InChI=1S/C27H20N6O3/c1-17-4-6-19(12-24(17)35-22-9-8-21(14-28)30-15-22)32-27(34)33-20-7-5-18(2)25(13-20)36-23-10-11-26(29-3)31-16-23/h4-13,15-16H,1-2H3,(H2,32,33,34). The Kier molecular flexibility index (Phi) is 7.04. The van der Waals surface area contributed by atoms with E-state index in [4.69, 9.17) is 21.3 Å². The van der Waals surface area contributed by atoms with Gasteiger partial charge in [-0.15, -0.1) is 4.98 Å². The van der Waals surface area contributed by atoms with E-state index in [9.17, 15) is 4.79 Å². The average molecular weight is 476 g/mol. The van der Waals surface area contributed by atoms with Gasteiger partial charge in [0.2, 0.25) is 0 Å². The number of hydrogen-bond donors (Lipinski definition) is 2. The number of nitrogens with zero attached hydrogens (tertiary/aromatic N) is 4. The van der Waals surface area contributed by atoms with Crippen molar-refractivity contribution in [2.75, 3.05) is 10.6 Å². The van der Waals surface area contributed by atoms with Gasteiger partial charge in [0.25, 0.3) is 5.82 Å². The van der Waals surface area contributed by atoms with Gasteiger partial charge in [-0.05, 0) is 61.4 Å². The molecule has 2 aromatic carbocycles. The Bertz CT molecular complexity index is 1370. The number of carbonyl (C=O) groups is 1. The summed E-state index contributed by atoms with van der Waals surface area (Å²) in [5.74, 6) is 2.33. The molecule has 0 aliphatic rings. The number of pyridine rings is 2. The van der Waals surface area contributed by atoms with E-state index in [2.05, 4.69) is 25.4 Å². The van der Waals surface area contributed by atoms with Crippen LogP contribution in [0.15, 0.2) is 73.1 Å². The molecule has 0 saturated heterocycles. The summed E-state index contributed by atoms with van der Waals surface area (Å²) < 4.78 is 11.7. The molecule has 2 amide bonds. The Morgan fingerprint density at radius 2 is 1.42 bits per heavy atom. The van der Waals surface area contributed by atoms with Gasteiger partial charge < -0.3 is 25.0 Å². The van der Waals surface area contributed by atoms with E-state index in [-0.39, 0.29) is 5.82 Å². The number of amides is 2. The zero-order valence-electron chi connectivity index (χ0n) is 19.4. The monoisotopic (exact) mass is 476 g/mol. The van der Waals surface area contributed by atoms with Crippen LogP contribution in [0.1, 0.15) is 16.8 Å². The summed E-state index contributed by atoms with van der Waals surface area (Å²) in [5.41, 5.74) is 3.10. The summed E-state index contributed by atoms with van der Waals surface area (Å²) in [7, 11) is 0. The molecule has 176 valence electrons. The van der Waals surface area contributed by atoms with Gasteiger partial charge in [-0.2, -0.15) is 5.26 Å². The summed E-state index contributed by atoms with van der Waals surface area (Å²) in [5, 5.41) is 14.5. The number of rotatable bonds is 6. The molecule has 0 aliphatic heterocycles. The van der Waals surface area contributed by atoms with Crippen LogP contribution in [0.25, 0.3) is 4.85 Å². The molecule has 0 fully saturated rings. The quantitative estimate of drug-likeness (QED) is 0.298. The molecule has 9 nitrogen and oxygen atoms in total. The Balaban J connectivity index is 1.43. The Hall–Kier alpha value is -5.41. The first-order valence-electron chi connectivity index (χ1n) is 10.8.